The highest BCUT2D eigenvalue weighted by Gasteiger charge is 2.32. The molecule has 2 aromatic carbocycles. The number of benzene rings is 2. The second-order valence-corrected chi connectivity index (χ2v) is 8.73. The molecule has 1 amide bonds. The number of hydrogen-bond donors (Lipinski definition) is 1. The Labute approximate surface area is 184 Å². The molecule has 0 bridgehead atoms. The zero-order chi connectivity index (χ0) is 21.0. The molecule has 31 heavy (non-hydrogen) atoms. The standard InChI is InChI=1S/C25H31N3O3/c29-25(26-17-19-10-11-22-23(16-19)31-18-30-22)24(20-6-2-1-3-7-20)28-14-12-27(13-15-28)21-8-4-5-9-21/h1-3,6-7,10-11,16,21,24H,4-5,8-9,12-15,17-18H2,(H,26,29). The lowest BCUT2D eigenvalue weighted by Gasteiger charge is -2.41. The third-order valence-electron chi connectivity index (χ3n) is 6.82. The average molecular weight is 422 g/mol. The van der Waals surface area contributed by atoms with Crippen LogP contribution >= 0.6 is 0 Å². The maximum atomic E-state index is 13.4. The number of nitrogens with one attached hydrogen (secondary N) is 1. The van der Waals surface area contributed by atoms with E-state index in [1.54, 1.807) is 0 Å². The van der Waals surface area contributed by atoms with Gasteiger partial charge in [0.15, 0.2) is 11.5 Å². The van der Waals surface area contributed by atoms with Crippen LogP contribution in [-0.4, -0.2) is 54.7 Å². The molecule has 5 rings (SSSR count). The molecule has 2 heterocycles. The number of carbonyl (C=O) groups is 1. The largest absolute Gasteiger partial charge is 0.454 e. The molecule has 1 saturated carbocycles. The van der Waals surface area contributed by atoms with Crippen molar-refractivity contribution in [3.05, 3.63) is 59.7 Å². The van der Waals surface area contributed by atoms with Crippen LogP contribution in [0.3, 0.4) is 0 Å². The molecular weight excluding hydrogens is 390 g/mol. The molecule has 2 aliphatic heterocycles. The number of fused-ring (bicyclic) bond motifs is 1. The number of nitrogens with zero attached hydrogens (tertiary/aromatic N) is 2. The second-order valence-electron chi connectivity index (χ2n) is 8.73. The smallest absolute Gasteiger partial charge is 0.242 e. The molecular formula is C25H31N3O3. The van der Waals surface area contributed by atoms with Crippen LogP contribution < -0.4 is 14.8 Å². The fourth-order valence-electron chi connectivity index (χ4n) is 5.13. The monoisotopic (exact) mass is 421 g/mol. The van der Waals surface area contributed by atoms with Crippen molar-refractivity contribution in [1.82, 2.24) is 15.1 Å². The van der Waals surface area contributed by atoms with Gasteiger partial charge in [0.05, 0.1) is 0 Å². The third-order valence-corrected chi connectivity index (χ3v) is 6.82. The van der Waals surface area contributed by atoms with E-state index in [-0.39, 0.29) is 18.7 Å². The topological polar surface area (TPSA) is 54.0 Å². The molecule has 6 heteroatoms. The van der Waals surface area contributed by atoms with Crippen LogP contribution in [0.25, 0.3) is 0 Å². The SMILES string of the molecule is O=C(NCc1ccc2c(c1)OCO2)C(c1ccccc1)N1CCN(C2CCCC2)CC1. The summed E-state index contributed by atoms with van der Waals surface area (Å²) >= 11 is 0. The van der Waals surface area contributed by atoms with E-state index in [0.29, 0.717) is 6.54 Å². The van der Waals surface area contributed by atoms with E-state index in [9.17, 15) is 4.79 Å². The summed E-state index contributed by atoms with van der Waals surface area (Å²) in [5.74, 6) is 1.56. The van der Waals surface area contributed by atoms with Crippen molar-refractivity contribution in [2.24, 2.45) is 0 Å². The highest BCUT2D eigenvalue weighted by atomic mass is 16.7. The lowest BCUT2D eigenvalue weighted by atomic mass is 10.0. The zero-order valence-electron chi connectivity index (χ0n) is 18.0. The van der Waals surface area contributed by atoms with Gasteiger partial charge in [-0.2, -0.15) is 0 Å². The van der Waals surface area contributed by atoms with Crippen molar-refractivity contribution in [3.63, 3.8) is 0 Å². The summed E-state index contributed by atoms with van der Waals surface area (Å²) in [6.45, 7) is 4.67. The third kappa shape index (κ3) is 4.55. The van der Waals surface area contributed by atoms with Gasteiger partial charge in [0.1, 0.15) is 6.04 Å². The first-order valence-electron chi connectivity index (χ1n) is 11.5. The Kier molecular flexibility index (Phi) is 6.09. The number of ether oxygens (including phenoxy) is 2. The molecule has 1 aliphatic carbocycles. The van der Waals surface area contributed by atoms with Gasteiger partial charge >= 0.3 is 0 Å². The molecule has 0 radical (unpaired) electrons. The Bertz CT molecular complexity index is 890. The molecule has 6 nitrogen and oxygen atoms in total. The predicted octanol–water partition coefficient (Wildman–Crippen LogP) is 3.33. The van der Waals surface area contributed by atoms with Crippen molar-refractivity contribution in [2.45, 2.75) is 44.3 Å². The van der Waals surface area contributed by atoms with Crippen LogP contribution in [0, 0.1) is 0 Å². The lowest BCUT2D eigenvalue weighted by molar-refractivity contribution is -0.127. The minimum Gasteiger partial charge on any atom is -0.454 e. The molecule has 0 aromatic heterocycles. The Hall–Kier alpha value is -2.57. The Morgan fingerprint density at radius 2 is 1.71 bits per heavy atom. The van der Waals surface area contributed by atoms with Crippen LogP contribution in [0.5, 0.6) is 11.5 Å². The summed E-state index contributed by atoms with van der Waals surface area (Å²) in [6.07, 6.45) is 5.38. The number of rotatable bonds is 6. The minimum absolute atomic E-state index is 0.0539. The Morgan fingerprint density at radius 3 is 2.48 bits per heavy atom. The normalized spacial score (nSPS) is 20.6. The summed E-state index contributed by atoms with van der Waals surface area (Å²) in [6, 6.07) is 16.5. The quantitative estimate of drug-likeness (QED) is 0.775. The van der Waals surface area contributed by atoms with Crippen LogP contribution in [0.4, 0.5) is 0 Å². The van der Waals surface area contributed by atoms with Gasteiger partial charge in [0, 0.05) is 38.8 Å². The van der Waals surface area contributed by atoms with Crippen LogP contribution in [0.15, 0.2) is 48.5 Å². The van der Waals surface area contributed by atoms with Crippen molar-refractivity contribution >= 4 is 5.91 Å². The molecule has 2 fully saturated rings. The Balaban J connectivity index is 1.26. The van der Waals surface area contributed by atoms with E-state index in [2.05, 4.69) is 27.2 Å². The minimum atomic E-state index is -0.263. The van der Waals surface area contributed by atoms with E-state index in [1.807, 2.05) is 36.4 Å². The first-order valence-corrected chi connectivity index (χ1v) is 11.5. The molecule has 2 aromatic rings. The first-order chi connectivity index (χ1) is 15.3. The van der Waals surface area contributed by atoms with Crippen LogP contribution in [0.1, 0.15) is 42.9 Å². The van der Waals surface area contributed by atoms with E-state index >= 15 is 0 Å². The fourth-order valence-corrected chi connectivity index (χ4v) is 5.13. The highest BCUT2D eigenvalue weighted by Crippen LogP contribution is 2.32. The van der Waals surface area contributed by atoms with Gasteiger partial charge in [-0.25, -0.2) is 0 Å². The van der Waals surface area contributed by atoms with Gasteiger partial charge < -0.3 is 14.8 Å². The highest BCUT2D eigenvalue weighted by molar-refractivity contribution is 5.83. The van der Waals surface area contributed by atoms with Gasteiger partial charge in [-0.3, -0.25) is 14.6 Å². The van der Waals surface area contributed by atoms with Crippen molar-refractivity contribution in [1.29, 1.82) is 0 Å². The summed E-state index contributed by atoms with van der Waals surface area (Å²) < 4.78 is 10.8. The summed E-state index contributed by atoms with van der Waals surface area (Å²) in [4.78, 5) is 18.3. The predicted molar refractivity (Wildman–Crippen MR) is 119 cm³/mol. The second kappa shape index (κ2) is 9.28. The van der Waals surface area contributed by atoms with Crippen molar-refractivity contribution < 1.29 is 14.3 Å². The summed E-state index contributed by atoms with van der Waals surface area (Å²) in [5, 5.41) is 3.16. The molecule has 1 unspecified atom stereocenters. The van der Waals surface area contributed by atoms with Gasteiger partial charge in [-0.05, 0) is 36.1 Å². The molecule has 3 aliphatic rings. The Morgan fingerprint density at radius 1 is 0.968 bits per heavy atom. The first kappa shape index (κ1) is 20.3. The summed E-state index contributed by atoms with van der Waals surface area (Å²) in [7, 11) is 0. The molecule has 1 atom stereocenters. The maximum absolute atomic E-state index is 13.4. The molecule has 0 spiro atoms. The van der Waals surface area contributed by atoms with E-state index < -0.39 is 0 Å². The number of carbonyl (C=O) groups excluding carboxylic acids is 1. The summed E-state index contributed by atoms with van der Waals surface area (Å²) in [5.41, 5.74) is 2.07. The van der Waals surface area contributed by atoms with E-state index in [0.717, 1.165) is 54.8 Å². The van der Waals surface area contributed by atoms with Gasteiger partial charge in [0.25, 0.3) is 0 Å². The van der Waals surface area contributed by atoms with Gasteiger partial charge in [-0.1, -0.05) is 49.2 Å². The number of piperazine rings is 1. The number of hydrogen-bond acceptors (Lipinski definition) is 5. The van der Waals surface area contributed by atoms with Gasteiger partial charge in [-0.15, -0.1) is 0 Å². The molecule has 1 N–H and O–H groups in total. The zero-order valence-corrected chi connectivity index (χ0v) is 18.0. The van der Waals surface area contributed by atoms with Gasteiger partial charge in [0.2, 0.25) is 12.7 Å². The fraction of sp³-hybridized carbons (Fsp3) is 0.480. The van der Waals surface area contributed by atoms with E-state index in [4.69, 9.17) is 9.47 Å². The maximum Gasteiger partial charge on any atom is 0.242 e. The van der Waals surface area contributed by atoms with Crippen molar-refractivity contribution in [2.75, 3.05) is 33.0 Å². The molecule has 1 saturated heterocycles. The lowest BCUT2D eigenvalue weighted by Crippen LogP contribution is -2.53. The molecule has 164 valence electrons. The van der Waals surface area contributed by atoms with Crippen LogP contribution in [-0.2, 0) is 11.3 Å². The van der Waals surface area contributed by atoms with E-state index in [1.165, 1.54) is 25.7 Å². The number of amides is 1. The van der Waals surface area contributed by atoms with Crippen LogP contribution in [0.2, 0.25) is 0 Å². The average Bonchev–Trinajstić information content (AvgIpc) is 3.51. The van der Waals surface area contributed by atoms with Crippen molar-refractivity contribution in [3.8, 4) is 11.5 Å².